The summed E-state index contributed by atoms with van der Waals surface area (Å²) in [4.78, 5) is 7.11. The summed E-state index contributed by atoms with van der Waals surface area (Å²) < 4.78 is 28.8. The fourth-order valence-electron chi connectivity index (χ4n) is 3.71. The van der Waals surface area contributed by atoms with E-state index in [9.17, 15) is 8.42 Å². The van der Waals surface area contributed by atoms with E-state index in [2.05, 4.69) is 29.3 Å². The Morgan fingerprint density at radius 3 is 2.48 bits per heavy atom. The Hall–Kier alpha value is -2.38. The van der Waals surface area contributed by atoms with Crippen molar-refractivity contribution in [1.29, 1.82) is 0 Å². The average molecular weight is 444 g/mol. The molecule has 0 aliphatic carbocycles. The molecule has 1 unspecified atom stereocenters. The minimum absolute atomic E-state index is 0.0701. The van der Waals surface area contributed by atoms with E-state index in [4.69, 9.17) is 9.73 Å². The molecule has 168 valence electrons. The SMILES string of the molecule is CCNC(=NCc1ccc(CS(C)(=O)=O)cc1)N1CCC(COCc2ccccc2)C1. The van der Waals surface area contributed by atoms with Crippen LogP contribution in [0.3, 0.4) is 0 Å². The van der Waals surface area contributed by atoms with E-state index >= 15 is 0 Å². The lowest BCUT2D eigenvalue weighted by Crippen LogP contribution is -2.40. The molecule has 6 nitrogen and oxygen atoms in total. The van der Waals surface area contributed by atoms with Gasteiger partial charge in [-0.25, -0.2) is 13.4 Å². The van der Waals surface area contributed by atoms with Gasteiger partial charge in [-0.3, -0.25) is 0 Å². The number of nitrogens with zero attached hydrogens (tertiary/aromatic N) is 2. The van der Waals surface area contributed by atoms with Crippen molar-refractivity contribution in [3.05, 3.63) is 71.3 Å². The van der Waals surface area contributed by atoms with Gasteiger partial charge in [-0.05, 0) is 30.0 Å². The number of rotatable bonds is 9. The Bertz CT molecular complexity index is 944. The number of ether oxygens (including phenoxy) is 1. The zero-order valence-corrected chi connectivity index (χ0v) is 19.3. The highest BCUT2D eigenvalue weighted by molar-refractivity contribution is 7.89. The highest BCUT2D eigenvalue weighted by Gasteiger charge is 2.25. The third-order valence-electron chi connectivity index (χ3n) is 5.25. The molecule has 1 fully saturated rings. The Morgan fingerprint density at radius 2 is 1.81 bits per heavy atom. The molecule has 0 spiro atoms. The van der Waals surface area contributed by atoms with Crippen LogP contribution in [0.2, 0.25) is 0 Å². The lowest BCUT2D eigenvalue weighted by atomic mass is 10.1. The molecule has 1 saturated heterocycles. The van der Waals surface area contributed by atoms with Crippen molar-refractivity contribution in [3.8, 4) is 0 Å². The topological polar surface area (TPSA) is 71.0 Å². The van der Waals surface area contributed by atoms with Crippen LogP contribution in [0.4, 0.5) is 0 Å². The molecule has 0 radical (unpaired) electrons. The molecule has 1 atom stereocenters. The second-order valence-electron chi connectivity index (χ2n) is 8.16. The van der Waals surface area contributed by atoms with E-state index in [0.29, 0.717) is 19.1 Å². The first-order chi connectivity index (χ1) is 14.9. The monoisotopic (exact) mass is 443 g/mol. The molecule has 3 rings (SSSR count). The molecular weight excluding hydrogens is 410 g/mol. The van der Waals surface area contributed by atoms with Gasteiger partial charge in [-0.1, -0.05) is 54.6 Å². The Balaban J connectivity index is 1.51. The van der Waals surface area contributed by atoms with Crippen molar-refractivity contribution in [2.24, 2.45) is 10.9 Å². The molecule has 0 aromatic heterocycles. The Morgan fingerprint density at radius 1 is 1.10 bits per heavy atom. The van der Waals surface area contributed by atoms with Gasteiger partial charge >= 0.3 is 0 Å². The number of sulfone groups is 1. The smallest absolute Gasteiger partial charge is 0.194 e. The quantitative estimate of drug-likeness (QED) is 0.476. The number of nitrogens with one attached hydrogen (secondary N) is 1. The molecule has 7 heteroatoms. The molecule has 2 aromatic carbocycles. The van der Waals surface area contributed by atoms with Gasteiger partial charge in [0.05, 0.1) is 25.5 Å². The predicted octanol–water partition coefficient (Wildman–Crippen LogP) is 3.24. The maximum Gasteiger partial charge on any atom is 0.194 e. The summed E-state index contributed by atoms with van der Waals surface area (Å²) >= 11 is 0. The van der Waals surface area contributed by atoms with Gasteiger partial charge in [-0.2, -0.15) is 0 Å². The van der Waals surface area contributed by atoms with Crippen molar-refractivity contribution in [2.45, 2.75) is 32.2 Å². The lowest BCUT2D eigenvalue weighted by Gasteiger charge is -2.21. The van der Waals surface area contributed by atoms with Crippen LogP contribution in [0.1, 0.15) is 30.0 Å². The first-order valence-corrected chi connectivity index (χ1v) is 12.9. The van der Waals surface area contributed by atoms with Crippen molar-refractivity contribution in [2.75, 3.05) is 32.5 Å². The summed E-state index contributed by atoms with van der Waals surface area (Å²) in [6.45, 7) is 6.77. The maximum atomic E-state index is 11.4. The summed E-state index contributed by atoms with van der Waals surface area (Å²) in [5, 5.41) is 3.40. The fraction of sp³-hybridized carbons (Fsp3) is 0.458. The van der Waals surface area contributed by atoms with E-state index in [1.54, 1.807) is 0 Å². The van der Waals surface area contributed by atoms with Crippen molar-refractivity contribution < 1.29 is 13.2 Å². The fourth-order valence-corrected chi connectivity index (χ4v) is 4.51. The first-order valence-electron chi connectivity index (χ1n) is 10.8. The van der Waals surface area contributed by atoms with E-state index in [1.165, 1.54) is 11.8 Å². The molecule has 1 aliphatic rings. The van der Waals surface area contributed by atoms with Crippen LogP contribution >= 0.6 is 0 Å². The van der Waals surface area contributed by atoms with Gasteiger partial charge in [0, 0.05) is 31.8 Å². The van der Waals surface area contributed by atoms with E-state index in [-0.39, 0.29) is 5.75 Å². The largest absolute Gasteiger partial charge is 0.376 e. The molecule has 0 bridgehead atoms. The van der Waals surface area contributed by atoms with Gasteiger partial charge in [0.25, 0.3) is 0 Å². The van der Waals surface area contributed by atoms with Gasteiger partial charge in [0.2, 0.25) is 0 Å². The van der Waals surface area contributed by atoms with Gasteiger partial charge in [0.1, 0.15) is 0 Å². The van der Waals surface area contributed by atoms with E-state index < -0.39 is 9.84 Å². The number of hydrogen-bond acceptors (Lipinski definition) is 4. The minimum atomic E-state index is -3.02. The van der Waals surface area contributed by atoms with Crippen LogP contribution in [0.5, 0.6) is 0 Å². The zero-order chi connectivity index (χ0) is 22.1. The number of hydrogen-bond donors (Lipinski definition) is 1. The number of aliphatic imine (C=N–C) groups is 1. The molecule has 31 heavy (non-hydrogen) atoms. The maximum absolute atomic E-state index is 11.4. The summed E-state index contributed by atoms with van der Waals surface area (Å²) in [5.74, 6) is 1.50. The van der Waals surface area contributed by atoms with Crippen LogP contribution in [-0.2, 0) is 33.5 Å². The third-order valence-corrected chi connectivity index (χ3v) is 6.11. The molecule has 1 aliphatic heterocycles. The average Bonchev–Trinajstić information content (AvgIpc) is 3.21. The predicted molar refractivity (Wildman–Crippen MR) is 126 cm³/mol. The second kappa shape index (κ2) is 11.3. The van der Waals surface area contributed by atoms with Crippen LogP contribution in [0.15, 0.2) is 59.6 Å². The Labute approximate surface area is 186 Å². The van der Waals surface area contributed by atoms with Crippen molar-refractivity contribution in [1.82, 2.24) is 10.2 Å². The second-order valence-corrected chi connectivity index (χ2v) is 10.3. The van der Waals surface area contributed by atoms with E-state index in [1.807, 2.05) is 42.5 Å². The lowest BCUT2D eigenvalue weighted by molar-refractivity contribution is 0.0906. The highest BCUT2D eigenvalue weighted by Crippen LogP contribution is 2.18. The normalized spacial score (nSPS) is 17.2. The van der Waals surface area contributed by atoms with Crippen molar-refractivity contribution >= 4 is 15.8 Å². The van der Waals surface area contributed by atoms with Crippen molar-refractivity contribution in [3.63, 3.8) is 0 Å². The molecule has 2 aromatic rings. The summed E-state index contributed by atoms with van der Waals surface area (Å²) in [5.41, 5.74) is 3.07. The standard InChI is InChI=1S/C24H33N3O3S/c1-3-25-24(26-15-20-9-11-22(12-10-20)19-31(2,28)29)27-14-13-23(16-27)18-30-17-21-7-5-4-6-8-21/h4-12,23H,3,13-19H2,1-2H3,(H,25,26). The Kier molecular flexibility index (Phi) is 8.49. The third kappa shape index (κ3) is 7.99. The van der Waals surface area contributed by atoms with Crippen LogP contribution in [0.25, 0.3) is 0 Å². The summed E-state index contributed by atoms with van der Waals surface area (Å²) in [6.07, 6.45) is 2.35. The van der Waals surface area contributed by atoms with Crippen LogP contribution < -0.4 is 5.32 Å². The van der Waals surface area contributed by atoms with Gasteiger partial charge in [-0.15, -0.1) is 0 Å². The van der Waals surface area contributed by atoms with Crippen LogP contribution in [0, 0.1) is 5.92 Å². The number of guanidine groups is 1. The summed E-state index contributed by atoms with van der Waals surface area (Å²) in [7, 11) is -3.02. The molecule has 1 heterocycles. The molecule has 0 saturated carbocycles. The molecular formula is C24H33N3O3S. The number of benzene rings is 2. The zero-order valence-electron chi connectivity index (χ0n) is 18.5. The van der Waals surface area contributed by atoms with E-state index in [0.717, 1.165) is 49.7 Å². The van der Waals surface area contributed by atoms with Gasteiger partial charge < -0.3 is 15.0 Å². The molecule has 1 N–H and O–H groups in total. The molecule has 0 amide bonds. The first kappa shape index (κ1) is 23.3. The minimum Gasteiger partial charge on any atom is -0.376 e. The van der Waals surface area contributed by atoms with Crippen LogP contribution in [-0.4, -0.2) is 51.8 Å². The number of likely N-dealkylation sites (tertiary alicyclic amines) is 1. The summed E-state index contributed by atoms with van der Waals surface area (Å²) in [6, 6.07) is 17.9. The highest BCUT2D eigenvalue weighted by atomic mass is 32.2. The van der Waals surface area contributed by atoms with Gasteiger partial charge in [0.15, 0.2) is 15.8 Å².